The molecule has 7 heteroatoms. The lowest BCUT2D eigenvalue weighted by Gasteiger charge is -2.31. The Morgan fingerprint density at radius 3 is 3.20 bits per heavy atom. The molecule has 3 heterocycles. The van der Waals surface area contributed by atoms with E-state index in [2.05, 4.69) is 4.98 Å². The number of hydrogen-bond acceptors (Lipinski definition) is 5. The molecule has 3 rings (SSSR count). The van der Waals surface area contributed by atoms with Gasteiger partial charge in [0.05, 0.1) is 0 Å². The fraction of sp³-hybridized carbons (Fsp3) is 0.462. The normalized spacial score (nSPS) is 19.4. The van der Waals surface area contributed by atoms with Crippen molar-refractivity contribution in [2.24, 2.45) is 5.92 Å². The van der Waals surface area contributed by atoms with Crippen LogP contribution in [0.2, 0.25) is 0 Å². The third-order valence-corrected chi connectivity index (χ3v) is 4.41. The van der Waals surface area contributed by atoms with Crippen LogP contribution in [0.5, 0.6) is 0 Å². The van der Waals surface area contributed by atoms with Gasteiger partial charge in [0.15, 0.2) is 4.96 Å². The highest BCUT2D eigenvalue weighted by atomic mass is 32.1. The van der Waals surface area contributed by atoms with E-state index in [1.54, 1.807) is 16.5 Å². The highest BCUT2D eigenvalue weighted by Gasteiger charge is 2.26. The molecule has 2 aromatic heterocycles. The fourth-order valence-corrected chi connectivity index (χ4v) is 3.22. The molecule has 1 aliphatic heterocycles. The van der Waals surface area contributed by atoms with E-state index in [0.29, 0.717) is 18.1 Å². The number of hydrogen-bond donors (Lipinski definition) is 1. The number of carbonyl (C=O) groups is 1. The van der Waals surface area contributed by atoms with Crippen LogP contribution in [-0.2, 0) is 0 Å². The number of likely N-dealkylation sites (tertiary alicyclic amines) is 1. The number of piperidine rings is 1. The number of aliphatic hydroxyl groups is 1. The molecule has 1 fully saturated rings. The summed E-state index contributed by atoms with van der Waals surface area (Å²) in [6.07, 6.45) is 4.76. The van der Waals surface area contributed by atoms with E-state index >= 15 is 0 Å². The lowest BCUT2D eigenvalue weighted by atomic mass is 9.98. The van der Waals surface area contributed by atoms with Crippen LogP contribution in [-0.4, -0.2) is 45.0 Å². The Hall–Kier alpha value is -1.73. The van der Waals surface area contributed by atoms with Gasteiger partial charge in [-0.3, -0.25) is 14.0 Å². The molecule has 1 unspecified atom stereocenters. The number of thiazole rings is 1. The van der Waals surface area contributed by atoms with Crippen LogP contribution < -0.4 is 5.56 Å². The Balaban J connectivity index is 1.92. The van der Waals surface area contributed by atoms with Crippen molar-refractivity contribution < 1.29 is 9.90 Å². The minimum absolute atomic E-state index is 0.0740. The third kappa shape index (κ3) is 2.23. The summed E-state index contributed by atoms with van der Waals surface area (Å²) in [5, 5.41) is 11.0. The second-order valence-electron chi connectivity index (χ2n) is 4.97. The number of fused-ring (bicyclic) bond motifs is 1. The topological polar surface area (TPSA) is 74.9 Å². The van der Waals surface area contributed by atoms with Gasteiger partial charge in [0.1, 0.15) is 5.56 Å². The number of amides is 1. The zero-order chi connectivity index (χ0) is 14.1. The first-order chi connectivity index (χ1) is 9.70. The maximum absolute atomic E-state index is 12.4. The molecule has 20 heavy (non-hydrogen) atoms. The zero-order valence-corrected chi connectivity index (χ0v) is 11.7. The Bertz CT molecular complexity index is 693. The van der Waals surface area contributed by atoms with Gasteiger partial charge in [0, 0.05) is 37.5 Å². The van der Waals surface area contributed by atoms with Crippen molar-refractivity contribution in [3.8, 4) is 0 Å². The molecule has 0 saturated carbocycles. The Kier molecular flexibility index (Phi) is 3.54. The first-order valence-electron chi connectivity index (χ1n) is 6.55. The molecule has 1 amide bonds. The monoisotopic (exact) mass is 293 g/mol. The van der Waals surface area contributed by atoms with E-state index in [-0.39, 0.29) is 29.6 Å². The predicted molar refractivity (Wildman–Crippen MR) is 75.1 cm³/mol. The van der Waals surface area contributed by atoms with Crippen molar-refractivity contribution >= 4 is 22.2 Å². The van der Waals surface area contributed by atoms with Gasteiger partial charge in [-0.1, -0.05) is 0 Å². The first kappa shape index (κ1) is 13.3. The number of nitrogens with zero attached hydrogens (tertiary/aromatic N) is 3. The summed E-state index contributed by atoms with van der Waals surface area (Å²) in [5.41, 5.74) is -0.230. The summed E-state index contributed by atoms with van der Waals surface area (Å²) in [7, 11) is 0. The molecular weight excluding hydrogens is 278 g/mol. The van der Waals surface area contributed by atoms with Crippen molar-refractivity contribution in [3.63, 3.8) is 0 Å². The molecule has 0 bridgehead atoms. The van der Waals surface area contributed by atoms with Crippen LogP contribution >= 0.6 is 11.3 Å². The number of carbonyl (C=O) groups excluding carboxylic acids is 1. The lowest BCUT2D eigenvalue weighted by molar-refractivity contribution is 0.0618. The number of aromatic nitrogens is 2. The van der Waals surface area contributed by atoms with Gasteiger partial charge in [-0.25, -0.2) is 4.98 Å². The first-order valence-corrected chi connectivity index (χ1v) is 7.43. The largest absolute Gasteiger partial charge is 0.396 e. The van der Waals surface area contributed by atoms with Crippen molar-refractivity contribution in [1.29, 1.82) is 0 Å². The van der Waals surface area contributed by atoms with E-state index < -0.39 is 0 Å². The smallest absolute Gasteiger partial charge is 0.271 e. The Morgan fingerprint density at radius 2 is 2.40 bits per heavy atom. The van der Waals surface area contributed by atoms with Crippen LogP contribution in [0.3, 0.4) is 0 Å². The summed E-state index contributed by atoms with van der Waals surface area (Å²) in [6, 6.07) is 0. The van der Waals surface area contributed by atoms with Gasteiger partial charge in [0.25, 0.3) is 11.5 Å². The van der Waals surface area contributed by atoms with Gasteiger partial charge in [-0.05, 0) is 18.8 Å². The SMILES string of the molecule is O=C(c1cnc2sccn2c1=O)N1CCCC(CO)C1. The van der Waals surface area contributed by atoms with Crippen molar-refractivity contribution in [2.75, 3.05) is 19.7 Å². The zero-order valence-electron chi connectivity index (χ0n) is 10.9. The fourth-order valence-electron chi connectivity index (χ4n) is 2.54. The highest BCUT2D eigenvalue weighted by molar-refractivity contribution is 7.15. The summed E-state index contributed by atoms with van der Waals surface area (Å²) >= 11 is 1.36. The van der Waals surface area contributed by atoms with Crippen LogP contribution in [0.25, 0.3) is 4.96 Å². The molecule has 6 nitrogen and oxygen atoms in total. The molecule has 0 spiro atoms. The Labute approximate surface area is 119 Å². The van der Waals surface area contributed by atoms with E-state index in [1.807, 2.05) is 0 Å². The second kappa shape index (κ2) is 5.34. The average molecular weight is 293 g/mol. The van der Waals surface area contributed by atoms with Gasteiger partial charge >= 0.3 is 0 Å². The summed E-state index contributed by atoms with van der Waals surface area (Å²) in [6.45, 7) is 1.20. The van der Waals surface area contributed by atoms with Crippen molar-refractivity contribution in [1.82, 2.24) is 14.3 Å². The van der Waals surface area contributed by atoms with Gasteiger partial charge in [-0.15, -0.1) is 11.3 Å². The van der Waals surface area contributed by atoms with Crippen LogP contribution in [0, 0.1) is 5.92 Å². The molecular formula is C13H15N3O3S. The summed E-state index contributed by atoms with van der Waals surface area (Å²) < 4.78 is 1.39. The summed E-state index contributed by atoms with van der Waals surface area (Å²) in [5.74, 6) is -0.186. The second-order valence-corrected chi connectivity index (χ2v) is 5.85. The minimum atomic E-state index is -0.327. The van der Waals surface area contributed by atoms with Crippen LogP contribution in [0.4, 0.5) is 0 Å². The van der Waals surface area contributed by atoms with Gasteiger partial charge in [0.2, 0.25) is 0 Å². The number of rotatable bonds is 2. The van der Waals surface area contributed by atoms with E-state index in [9.17, 15) is 14.7 Å². The molecule has 1 atom stereocenters. The lowest BCUT2D eigenvalue weighted by Crippen LogP contribution is -2.43. The van der Waals surface area contributed by atoms with Gasteiger partial charge in [-0.2, -0.15) is 0 Å². The van der Waals surface area contributed by atoms with Gasteiger partial charge < -0.3 is 10.0 Å². The highest BCUT2D eigenvalue weighted by Crippen LogP contribution is 2.17. The summed E-state index contributed by atoms with van der Waals surface area (Å²) in [4.78, 5) is 31.1. The quantitative estimate of drug-likeness (QED) is 0.880. The van der Waals surface area contributed by atoms with E-state index in [0.717, 1.165) is 12.8 Å². The molecule has 0 aliphatic carbocycles. The molecule has 0 radical (unpaired) electrons. The Morgan fingerprint density at radius 1 is 1.55 bits per heavy atom. The van der Waals surface area contributed by atoms with E-state index in [1.165, 1.54) is 21.9 Å². The predicted octanol–water partition coefficient (Wildman–Crippen LogP) is 0.601. The van der Waals surface area contributed by atoms with Crippen molar-refractivity contribution in [3.05, 3.63) is 33.7 Å². The van der Waals surface area contributed by atoms with E-state index in [4.69, 9.17) is 0 Å². The van der Waals surface area contributed by atoms with Crippen molar-refractivity contribution in [2.45, 2.75) is 12.8 Å². The molecule has 1 N–H and O–H groups in total. The molecule has 0 aromatic carbocycles. The molecule has 106 valence electrons. The standard InChI is InChI=1S/C13H15N3O3S/c17-8-9-2-1-3-15(7-9)11(18)10-6-14-13-16(12(10)19)4-5-20-13/h4-6,9,17H,1-3,7-8H2. The maximum Gasteiger partial charge on any atom is 0.271 e. The van der Waals surface area contributed by atoms with Crippen LogP contribution in [0.1, 0.15) is 23.2 Å². The molecule has 1 saturated heterocycles. The molecule has 2 aromatic rings. The molecule has 1 aliphatic rings. The van der Waals surface area contributed by atoms with Crippen LogP contribution in [0.15, 0.2) is 22.6 Å². The third-order valence-electron chi connectivity index (χ3n) is 3.64. The minimum Gasteiger partial charge on any atom is -0.396 e. The average Bonchev–Trinajstić information content (AvgIpc) is 2.96. The maximum atomic E-state index is 12.4. The number of aliphatic hydroxyl groups excluding tert-OH is 1.